The number of amides is 1. The Bertz CT molecular complexity index is 441. The third kappa shape index (κ3) is 5.14. The smallest absolute Gasteiger partial charge is 0.239 e. The second kappa shape index (κ2) is 8.15. The van der Waals surface area contributed by atoms with Crippen LogP contribution in [0.2, 0.25) is 0 Å². The van der Waals surface area contributed by atoms with Crippen LogP contribution in [0, 0.1) is 5.92 Å². The largest absolute Gasteiger partial charge is 0.383 e. The van der Waals surface area contributed by atoms with Crippen molar-refractivity contribution in [3.63, 3.8) is 0 Å². The number of carbonyl (C=O) groups excluding carboxylic acids is 1. The Morgan fingerprint density at radius 3 is 2.10 bits per heavy atom. The molecule has 2 unspecified atom stereocenters. The lowest BCUT2D eigenvalue weighted by Crippen LogP contribution is -2.45. The van der Waals surface area contributed by atoms with Gasteiger partial charge in [-0.3, -0.25) is 4.79 Å². The number of methoxy groups -OCH3 is 1. The summed E-state index contributed by atoms with van der Waals surface area (Å²) in [4.78, 5) is 12.1. The van der Waals surface area contributed by atoms with Crippen molar-refractivity contribution in [2.45, 2.75) is 45.7 Å². The lowest BCUT2D eigenvalue weighted by atomic mass is 9.93. The predicted molar refractivity (Wildman–Crippen MR) is 86.1 cm³/mol. The molecule has 0 bridgehead atoms. The van der Waals surface area contributed by atoms with Gasteiger partial charge in [0.05, 0.1) is 12.6 Å². The molecule has 0 saturated heterocycles. The number of hydrogen-bond acceptors (Lipinski definition) is 3. The SMILES string of the molecule is COCC(N)C(=O)NC(c1ccc(C(C)C)cc1)C(C)C. The van der Waals surface area contributed by atoms with Crippen molar-refractivity contribution in [3.05, 3.63) is 35.4 Å². The predicted octanol–water partition coefficient (Wildman–Crippen LogP) is 2.60. The lowest BCUT2D eigenvalue weighted by molar-refractivity contribution is -0.124. The van der Waals surface area contributed by atoms with Gasteiger partial charge in [-0.25, -0.2) is 0 Å². The standard InChI is InChI=1S/C17H28N2O2/c1-11(2)13-6-8-14(9-7-13)16(12(3)4)19-17(20)15(18)10-21-5/h6-9,11-12,15-16H,10,18H2,1-5H3,(H,19,20). The first-order valence-corrected chi connectivity index (χ1v) is 7.51. The minimum atomic E-state index is -0.633. The molecule has 0 radical (unpaired) electrons. The fraction of sp³-hybridized carbons (Fsp3) is 0.588. The van der Waals surface area contributed by atoms with E-state index in [0.717, 1.165) is 5.56 Å². The van der Waals surface area contributed by atoms with E-state index in [4.69, 9.17) is 10.5 Å². The molecule has 0 aliphatic rings. The van der Waals surface area contributed by atoms with E-state index in [0.29, 0.717) is 5.92 Å². The van der Waals surface area contributed by atoms with Crippen LogP contribution in [0.3, 0.4) is 0 Å². The number of carbonyl (C=O) groups is 1. The zero-order valence-corrected chi connectivity index (χ0v) is 13.7. The minimum Gasteiger partial charge on any atom is -0.383 e. The summed E-state index contributed by atoms with van der Waals surface area (Å²) < 4.78 is 4.93. The Morgan fingerprint density at radius 2 is 1.67 bits per heavy atom. The average molecular weight is 292 g/mol. The number of nitrogens with one attached hydrogen (secondary N) is 1. The van der Waals surface area contributed by atoms with Crippen LogP contribution in [0.4, 0.5) is 0 Å². The van der Waals surface area contributed by atoms with Gasteiger partial charge >= 0.3 is 0 Å². The van der Waals surface area contributed by atoms with Crippen molar-refractivity contribution < 1.29 is 9.53 Å². The van der Waals surface area contributed by atoms with E-state index in [-0.39, 0.29) is 24.5 Å². The second-order valence-electron chi connectivity index (χ2n) is 6.11. The highest BCUT2D eigenvalue weighted by molar-refractivity contribution is 5.82. The van der Waals surface area contributed by atoms with Crippen LogP contribution in [0.15, 0.2) is 24.3 Å². The van der Waals surface area contributed by atoms with Gasteiger partial charge in [0.25, 0.3) is 0 Å². The van der Waals surface area contributed by atoms with Crippen molar-refractivity contribution in [2.75, 3.05) is 13.7 Å². The summed E-state index contributed by atoms with van der Waals surface area (Å²) in [6.07, 6.45) is 0. The molecule has 4 heteroatoms. The molecule has 1 aromatic carbocycles. The number of hydrogen-bond donors (Lipinski definition) is 2. The molecule has 1 amide bonds. The summed E-state index contributed by atoms with van der Waals surface area (Å²) in [5.41, 5.74) is 8.18. The van der Waals surface area contributed by atoms with Crippen LogP contribution in [-0.4, -0.2) is 25.7 Å². The Balaban J connectivity index is 2.84. The molecule has 4 nitrogen and oxygen atoms in total. The van der Waals surface area contributed by atoms with E-state index in [2.05, 4.69) is 57.3 Å². The van der Waals surface area contributed by atoms with Gasteiger partial charge in [0, 0.05) is 7.11 Å². The van der Waals surface area contributed by atoms with Crippen LogP contribution in [0.1, 0.15) is 50.8 Å². The Labute approximate surface area is 128 Å². The summed E-state index contributed by atoms with van der Waals surface area (Å²) >= 11 is 0. The molecule has 21 heavy (non-hydrogen) atoms. The third-order valence-electron chi connectivity index (χ3n) is 3.61. The van der Waals surface area contributed by atoms with Gasteiger partial charge in [0.15, 0.2) is 0 Å². The van der Waals surface area contributed by atoms with Crippen molar-refractivity contribution in [1.29, 1.82) is 0 Å². The lowest BCUT2D eigenvalue weighted by Gasteiger charge is -2.25. The minimum absolute atomic E-state index is 0.0402. The molecule has 1 aromatic rings. The average Bonchev–Trinajstić information content (AvgIpc) is 2.44. The van der Waals surface area contributed by atoms with Crippen LogP contribution in [0.5, 0.6) is 0 Å². The van der Waals surface area contributed by atoms with Crippen molar-refractivity contribution >= 4 is 5.91 Å². The summed E-state index contributed by atoms with van der Waals surface area (Å²) in [7, 11) is 1.54. The van der Waals surface area contributed by atoms with Crippen LogP contribution in [0.25, 0.3) is 0 Å². The maximum atomic E-state index is 12.1. The van der Waals surface area contributed by atoms with E-state index in [1.807, 2.05) is 0 Å². The fourth-order valence-corrected chi connectivity index (χ4v) is 2.24. The van der Waals surface area contributed by atoms with E-state index < -0.39 is 6.04 Å². The highest BCUT2D eigenvalue weighted by atomic mass is 16.5. The van der Waals surface area contributed by atoms with Crippen molar-refractivity contribution in [1.82, 2.24) is 5.32 Å². The van der Waals surface area contributed by atoms with Crippen LogP contribution >= 0.6 is 0 Å². The fourth-order valence-electron chi connectivity index (χ4n) is 2.24. The Hall–Kier alpha value is -1.39. The van der Waals surface area contributed by atoms with Gasteiger partial charge < -0.3 is 15.8 Å². The zero-order chi connectivity index (χ0) is 16.0. The molecule has 0 fully saturated rings. The highest BCUT2D eigenvalue weighted by Gasteiger charge is 2.21. The first kappa shape index (κ1) is 17.7. The van der Waals surface area contributed by atoms with Crippen molar-refractivity contribution in [2.24, 2.45) is 11.7 Å². The van der Waals surface area contributed by atoms with Crippen LogP contribution in [-0.2, 0) is 9.53 Å². The maximum absolute atomic E-state index is 12.1. The first-order valence-electron chi connectivity index (χ1n) is 7.51. The topological polar surface area (TPSA) is 64.3 Å². The number of ether oxygens (including phenoxy) is 1. The molecule has 0 aliphatic carbocycles. The Morgan fingerprint density at radius 1 is 1.14 bits per heavy atom. The number of benzene rings is 1. The number of rotatable bonds is 7. The highest BCUT2D eigenvalue weighted by Crippen LogP contribution is 2.24. The van der Waals surface area contributed by atoms with E-state index in [1.165, 1.54) is 12.7 Å². The van der Waals surface area contributed by atoms with E-state index in [9.17, 15) is 4.79 Å². The van der Waals surface area contributed by atoms with Crippen LogP contribution < -0.4 is 11.1 Å². The normalized spacial score (nSPS) is 14.3. The molecule has 0 saturated carbocycles. The second-order valence-corrected chi connectivity index (χ2v) is 6.11. The quantitative estimate of drug-likeness (QED) is 0.812. The molecule has 0 aromatic heterocycles. The monoisotopic (exact) mass is 292 g/mol. The molecule has 3 N–H and O–H groups in total. The molecule has 1 rings (SSSR count). The third-order valence-corrected chi connectivity index (χ3v) is 3.61. The first-order chi connectivity index (χ1) is 9.86. The molecule has 0 aliphatic heterocycles. The number of nitrogens with two attached hydrogens (primary N) is 1. The summed E-state index contributed by atoms with van der Waals surface area (Å²) in [5.74, 6) is 0.610. The zero-order valence-electron chi connectivity index (χ0n) is 13.7. The van der Waals surface area contributed by atoms with Crippen molar-refractivity contribution in [3.8, 4) is 0 Å². The van der Waals surface area contributed by atoms with E-state index in [1.54, 1.807) is 0 Å². The summed E-state index contributed by atoms with van der Waals surface area (Å²) in [6.45, 7) is 8.73. The van der Waals surface area contributed by atoms with Gasteiger partial charge in [0.2, 0.25) is 5.91 Å². The maximum Gasteiger partial charge on any atom is 0.239 e. The summed E-state index contributed by atoms with van der Waals surface area (Å²) in [5, 5.41) is 3.02. The Kier molecular flexibility index (Phi) is 6.85. The van der Waals surface area contributed by atoms with E-state index >= 15 is 0 Å². The van der Waals surface area contributed by atoms with Gasteiger partial charge in [-0.15, -0.1) is 0 Å². The molecular formula is C17H28N2O2. The van der Waals surface area contributed by atoms with Gasteiger partial charge in [-0.05, 0) is 23.0 Å². The molecular weight excluding hydrogens is 264 g/mol. The molecule has 0 heterocycles. The van der Waals surface area contributed by atoms with Gasteiger partial charge in [0.1, 0.15) is 6.04 Å². The summed E-state index contributed by atoms with van der Waals surface area (Å²) in [6, 6.07) is 7.74. The molecule has 0 spiro atoms. The molecule has 2 atom stereocenters. The van der Waals surface area contributed by atoms with Gasteiger partial charge in [-0.1, -0.05) is 52.0 Å². The van der Waals surface area contributed by atoms with Gasteiger partial charge in [-0.2, -0.15) is 0 Å². The molecule has 118 valence electrons.